The van der Waals surface area contributed by atoms with Crippen molar-refractivity contribution < 1.29 is 12.8 Å². The number of primary sulfonamides is 1. The van der Waals surface area contributed by atoms with Crippen LogP contribution in [0.25, 0.3) is 11.4 Å². The van der Waals surface area contributed by atoms with Crippen molar-refractivity contribution in [3.8, 4) is 11.4 Å². The van der Waals surface area contributed by atoms with E-state index in [0.29, 0.717) is 17.0 Å². The fourth-order valence-electron chi connectivity index (χ4n) is 2.00. The van der Waals surface area contributed by atoms with Gasteiger partial charge in [-0.15, -0.1) is 10.2 Å². The van der Waals surface area contributed by atoms with Gasteiger partial charge in [0, 0.05) is 11.6 Å². The van der Waals surface area contributed by atoms with Crippen molar-refractivity contribution in [3.63, 3.8) is 0 Å². The molecule has 20 heavy (non-hydrogen) atoms. The van der Waals surface area contributed by atoms with Gasteiger partial charge in [-0.2, -0.15) is 0 Å². The SMILES string of the molecule is Cc1cc(F)ccc1-c1nnc(S(N)(=O)=O)n1C(C)C. The first-order chi connectivity index (χ1) is 9.21. The molecule has 0 saturated carbocycles. The number of aryl methyl sites for hydroxylation is 1. The van der Waals surface area contributed by atoms with Crippen LogP contribution in [0.15, 0.2) is 23.4 Å². The predicted octanol–water partition coefficient (Wildman–Crippen LogP) is 1.62. The molecular formula is C12H15FN4O2S. The first kappa shape index (κ1) is 14.6. The summed E-state index contributed by atoms with van der Waals surface area (Å²) >= 11 is 0. The Morgan fingerprint density at radius 1 is 1.30 bits per heavy atom. The number of benzene rings is 1. The number of sulfonamides is 1. The van der Waals surface area contributed by atoms with Gasteiger partial charge in [0.15, 0.2) is 5.82 Å². The molecule has 2 aromatic rings. The minimum Gasteiger partial charge on any atom is -0.294 e. The average molecular weight is 298 g/mol. The van der Waals surface area contributed by atoms with Gasteiger partial charge in [-0.05, 0) is 44.5 Å². The van der Waals surface area contributed by atoms with Crippen molar-refractivity contribution in [1.82, 2.24) is 14.8 Å². The highest BCUT2D eigenvalue weighted by Crippen LogP contribution is 2.27. The highest BCUT2D eigenvalue weighted by atomic mass is 32.2. The zero-order valence-electron chi connectivity index (χ0n) is 11.3. The fourth-order valence-corrected chi connectivity index (χ4v) is 2.72. The third-order valence-electron chi connectivity index (χ3n) is 2.86. The maximum atomic E-state index is 13.2. The van der Waals surface area contributed by atoms with E-state index in [1.165, 1.54) is 16.7 Å². The maximum Gasteiger partial charge on any atom is 0.273 e. The Balaban J connectivity index is 2.73. The molecule has 1 aromatic heterocycles. The Morgan fingerprint density at radius 2 is 1.95 bits per heavy atom. The van der Waals surface area contributed by atoms with Crippen LogP contribution in [-0.4, -0.2) is 23.2 Å². The van der Waals surface area contributed by atoms with E-state index in [2.05, 4.69) is 10.2 Å². The molecule has 0 unspecified atom stereocenters. The van der Waals surface area contributed by atoms with E-state index in [1.807, 2.05) is 0 Å². The normalized spacial score (nSPS) is 12.1. The second kappa shape index (κ2) is 4.95. The standard InChI is InChI=1S/C12H15FN4O2S/c1-7(2)17-11(15-16-12(17)20(14,18)19)10-5-4-9(13)6-8(10)3/h4-7H,1-3H3,(H2,14,18,19). The Bertz CT molecular complexity index is 753. The van der Waals surface area contributed by atoms with Crippen molar-refractivity contribution in [2.45, 2.75) is 32.0 Å². The molecule has 0 aliphatic heterocycles. The van der Waals surface area contributed by atoms with Crippen LogP contribution in [0.2, 0.25) is 0 Å². The number of aromatic nitrogens is 3. The van der Waals surface area contributed by atoms with Crippen molar-refractivity contribution in [1.29, 1.82) is 0 Å². The van der Waals surface area contributed by atoms with Crippen LogP contribution in [0, 0.1) is 12.7 Å². The van der Waals surface area contributed by atoms with Crippen LogP contribution in [0.3, 0.4) is 0 Å². The summed E-state index contributed by atoms with van der Waals surface area (Å²) in [5.41, 5.74) is 1.25. The lowest BCUT2D eigenvalue weighted by molar-refractivity contribution is 0.524. The van der Waals surface area contributed by atoms with Gasteiger partial charge in [0.1, 0.15) is 5.82 Å². The molecule has 2 rings (SSSR count). The molecule has 0 bridgehead atoms. The molecule has 0 fully saturated rings. The zero-order chi connectivity index (χ0) is 15.1. The van der Waals surface area contributed by atoms with Crippen molar-refractivity contribution in [2.75, 3.05) is 0 Å². The highest BCUT2D eigenvalue weighted by molar-refractivity contribution is 7.89. The van der Waals surface area contributed by atoms with Crippen LogP contribution in [0.1, 0.15) is 25.5 Å². The van der Waals surface area contributed by atoms with Crippen molar-refractivity contribution in [2.24, 2.45) is 5.14 Å². The molecule has 0 radical (unpaired) electrons. The molecule has 0 aliphatic rings. The molecule has 2 N–H and O–H groups in total. The lowest BCUT2D eigenvalue weighted by Crippen LogP contribution is -2.20. The summed E-state index contributed by atoms with van der Waals surface area (Å²) in [7, 11) is -3.97. The van der Waals surface area contributed by atoms with Crippen LogP contribution in [-0.2, 0) is 10.0 Å². The van der Waals surface area contributed by atoms with Crippen molar-refractivity contribution >= 4 is 10.0 Å². The third-order valence-corrected chi connectivity index (χ3v) is 3.65. The first-order valence-corrected chi connectivity index (χ1v) is 7.50. The smallest absolute Gasteiger partial charge is 0.273 e. The summed E-state index contributed by atoms with van der Waals surface area (Å²) < 4.78 is 37.7. The van der Waals surface area contributed by atoms with Gasteiger partial charge in [-0.3, -0.25) is 4.57 Å². The monoisotopic (exact) mass is 298 g/mol. The average Bonchev–Trinajstić information content (AvgIpc) is 2.72. The predicted molar refractivity (Wildman–Crippen MR) is 71.9 cm³/mol. The van der Waals surface area contributed by atoms with E-state index >= 15 is 0 Å². The lowest BCUT2D eigenvalue weighted by Gasteiger charge is -2.14. The second-order valence-corrected chi connectivity index (χ2v) is 6.23. The fraction of sp³-hybridized carbons (Fsp3) is 0.333. The van der Waals surface area contributed by atoms with E-state index in [-0.39, 0.29) is 17.0 Å². The number of nitrogens with two attached hydrogens (primary N) is 1. The molecule has 1 heterocycles. The number of hydrogen-bond acceptors (Lipinski definition) is 4. The topological polar surface area (TPSA) is 90.9 Å². The summed E-state index contributed by atoms with van der Waals surface area (Å²) in [6.07, 6.45) is 0. The Kier molecular flexibility index (Phi) is 3.61. The van der Waals surface area contributed by atoms with E-state index < -0.39 is 10.0 Å². The third kappa shape index (κ3) is 2.56. The van der Waals surface area contributed by atoms with Gasteiger partial charge in [0.05, 0.1) is 0 Å². The Morgan fingerprint density at radius 3 is 2.45 bits per heavy atom. The van der Waals surface area contributed by atoms with E-state index in [1.54, 1.807) is 26.8 Å². The minimum absolute atomic E-state index is 0.210. The maximum absolute atomic E-state index is 13.2. The van der Waals surface area contributed by atoms with Crippen LogP contribution >= 0.6 is 0 Å². The van der Waals surface area contributed by atoms with Crippen LogP contribution in [0.5, 0.6) is 0 Å². The lowest BCUT2D eigenvalue weighted by atomic mass is 10.1. The summed E-state index contributed by atoms with van der Waals surface area (Å²) in [6, 6.07) is 3.97. The number of halogens is 1. The summed E-state index contributed by atoms with van der Waals surface area (Å²) in [5.74, 6) is -0.0185. The molecule has 0 amide bonds. The summed E-state index contributed by atoms with van der Waals surface area (Å²) in [6.45, 7) is 5.30. The second-order valence-electron chi connectivity index (χ2n) is 4.77. The Hall–Kier alpha value is -1.80. The quantitative estimate of drug-likeness (QED) is 0.932. The van der Waals surface area contributed by atoms with Gasteiger partial charge in [0.2, 0.25) is 0 Å². The molecule has 0 spiro atoms. The van der Waals surface area contributed by atoms with Gasteiger partial charge in [-0.25, -0.2) is 17.9 Å². The van der Waals surface area contributed by atoms with E-state index in [9.17, 15) is 12.8 Å². The minimum atomic E-state index is -3.97. The molecule has 0 saturated heterocycles. The van der Waals surface area contributed by atoms with E-state index in [0.717, 1.165) is 0 Å². The van der Waals surface area contributed by atoms with Gasteiger partial charge in [-0.1, -0.05) is 0 Å². The van der Waals surface area contributed by atoms with E-state index in [4.69, 9.17) is 5.14 Å². The van der Waals surface area contributed by atoms with Gasteiger partial charge in [0.25, 0.3) is 15.2 Å². The molecule has 1 aromatic carbocycles. The van der Waals surface area contributed by atoms with Gasteiger partial charge < -0.3 is 0 Å². The Labute approximate surface area is 116 Å². The summed E-state index contributed by atoms with van der Waals surface area (Å²) in [4.78, 5) is 0. The molecular weight excluding hydrogens is 283 g/mol. The largest absolute Gasteiger partial charge is 0.294 e. The molecule has 108 valence electrons. The summed E-state index contributed by atoms with van der Waals surface area (Å²) in [5, 5.41) is 12.4. The number of hydrogen-bond donors (Lipinski definition) is 1. The molecule has 0 atom stereocenters. The van der Waals surface area contributed by atoms with Crippen LogP contribution < -0.4 is 5.14 Å². The van der Waals surface area contributed by atoms with Crippen molar-refractivity contribution in [3.05, 3.63) is 29.6 Å². The number of nitrogens with zero attached hydrogens (tertiary/aromatic N) is 3. The molecule has 6 nitrogen and oxygen atoms in total. The van der Waals surface area contributed by atoms with Crippen LogP contribution in [0.4, 0.5) is 4.39 Å². The number of rotatable bonds is 3. The van der Waals surface area contributed by atoms with Gasteiger partial charge >= 0.3 is 0 Å². The highest BCUT2D eigenvalue weighted by Gasteiger charge is 2.24. The molecule has 0 aliphatic carbocycles. The first-order valence-electron chi connectivity index (χ1n) is 5.96. The zero-order valence-corrected chi connectivity index (χ0v) is 12.1. The molecule has 8 heteroatoms.